The second kappa shape index (κ2) is 8.93. The van der Waals surface area contributed by atoms with Gasteiger partial charge in [-0.15, -0.1) is 0 Å². The minimum absolute atomic E-state index is 0.304. The molecule has 0 aromatic carbocycles. The maximum absolute atomic E-state index is 8.72. The number of aliphatic hydroxyl groups excluding tert-OH is 1. The van der Waals surface area contributed by atoms with Crippen LogP contribution in [-0.2, 0) is 0 Å². The van der Waals surface area contributed by atoms with E-state index in [0.717, 1.165) is 19.3 Å². The van der Waals surface area contributed by atoms with Crippen molar-refractivity contribution in [3.63, 3.8) is 0 Å². The average molecular weight is 213 g/mol. The van der Waals surface area contributed by atoms with Crippen molar-refractivity contribution in [1.82, 2.24) is 5.32 Å². The molecule has 0 aromatic rings. The van der Waals surface area contributed by atoms with E-state index >= 15 is 0 Å². The van der Waals surface area contributed by atoms with Gasteiger partial charge >= 0.3 is 0 Å². The van der Waals surface area contributed by atoms with Crippen molar-refractivity contribution in [2.45, 2.75) is 65.5 Å². The van der Waals surface area contributed by atoms with E-state index in [-0.39, 0.29) is 0 Å². The highest BCUT2D eigenvalue weighted by Gasteiger charge is 2.05. The van der Waals surface area contributed by atoms with Crippen LogP contribution in [0.5, 0.6) is 0 Å². The fourth-order valence-corrected chi connectivity index (χ4v) is 1.67. The van der Waals surface area contributed by atoms with E-state index in [2.05, 4.69) is 39.1 Å². The smallest absolute Gasteiger partial charge is 0.0431 e. The first-order chi connectivity index (χ1) is 7.06. The van der Waals surface area contributed by atoms with Crippen LogP contribution in [-0.4, -0.2) is 23.8 Å². The van der Waals surface area contributed by atoms with Gasteiger partial charge in [-0.1, -0.05) is 11.6 Å². The van der Waals surface area contributed by atoms with Crippen LogP contribution < -0.4 is 5.32 Å². The van der Waals surface area contributed by atoms with E-state index in [1.807, 2.05) is 0 Å². The second-order valence-electron chi connectivity index (χ2n) is 4.69. The van der Waals surface area contributed by atoms with E-state index < -0.39 is 0 Å². The van der Waals surface area contributed by atoms with Crippen molar-refractivity contribution < 1.29 is 5.11 Å². The summed E-state index contributed by atoms with van der Waals surface area (Å²) in [5, 5.41) is 12.3. The minimum Gasteiger partial charge on any atom is -0.396 e. The monoisotopic (exact) mass is 213 g/mol. The second-order valence-corrected chi connectivity index (χ2v) is 4.69. The Kier molecular flexibility index (Phi) is 8.73. The van der Waals surface area contributed by atoms with Gasteiger partial charge in [0.05, 0.1) is 0 Å². The van der Waals surface area contributed by atoms with E-state index in [9.17, 15) is 0 Å². The molecule has 0 aliphatic rings. The quantitative estimate of drug-likeness (QED) is 0.608. The SMILES string of the molecule is CC(C)=CCCC(C)NC(C)CCCO. The zero-order chi connectivity index (χ0) is 11.7. The van der Waals surface area contributed by atoms with Crippen LogP contribution >= 0.6 is 0 Å². The molecule has 2 nitrogen and oxygen atoms in total. The third-order valence-electron chi connectivity index (χ3n) is 2.52. The summed E-state index contributed by atoms with van der Waals surface area (Å²) in [6.45, 7) is 9.00. The van der Waals surface area contributed by atoms with Crippen molar-refractivity contribution in [3.05, 3.63) is 11.6 Å². The highest BCUT2D eigenvalue weighted by atomic mass is 16.2. The lowest BCUT2D eigenvalue weighted by Crippen LogP contribution is -2.34. The lowest BCUT2D eigenvalue weighted by molar-refractivity contribution is 0.273. The van der Waals surface area contributed by atoms with Gasteiger partial charge in [0.2, 0.25) is 0 Å². The molecule has 15 heavy (non-hydrogen) atoms. The maximum Gasteiger partial charge on any atom is 0.0431 e. The van der Waals surface area contributed by atoms with Gasteiger partial charge in [0.25, 0.3) is 0 Å². The maximum atomic E-state index is 8.72. The first-order valence-electron chi connectivity index (χ1n) is 6.06. The van der Waals surface area contributed by atoms with Crippen molar-refractivity contribution in [2.75, 3.05) is 6.61 Å². The Bertz CT molecular complexity index is 173. The molecule has 0 bridgehead atoms. The van der Waals surface area contributed by atoms with Crippen LogP contribution in [0.1, 0.15) is 53.4 Å². The first-order valence-corrected chi connectivity index (χ1v) is 6.06. The summed E-state index contributed by atoms with van der Waals surface area (Å²) in [6, 6.07) is 1.08. The number of rotatable bonds is 8. The minimum atomic E-state index is 0.304. The van der Waals surface area contributed by atoms with Gasteiger partial charge in [0, 0.05) is 18.7 Å². The Balaban J connectivity index is 3.54. The number of aliphatic hydroxyl groups is 1. The molecule has 0 aromatic heterocycles. The Hall–Kier alpha value is -0.340. The zero-order valence-corrected chi connectivity index (χ0v) is 10.7. The number of nitrogens with one attached hydrogen (secondary N) is 1. The predicted octanol–water partition coefficient (Wildman–Crippen LogP) is 2.87. The predicted molar refractivity (Wildman–Crippen MR) is 67.0 cm³/mol. The molecule has 0 aliphatic heterocycles. The van der Waals surface area contributed by atoms with E-state index in [1.54, 1.807) is 0 Å². The van der Waals surface area contributed by atoms with E-state index in [1.165, 1.54) is 12.0 Å². The highest BCUT2D eigenvalue weighted by molar-refractivity contribution is 4.93. The number of hydrogen-bond donors (Lipinski definition) is 2. The molecule has 0 radical (unpaired) electrons. The molecule has 0 amide bonds. The molecule has 2 atom stereocenters. The number of hydrogen-bond acceptors (Lipinski definition) is 2. The normalized spacial score (nSPS) is 14.7. The molecular weight excluding hydrogens is 186 g/mol. The third-order valence-corrected chi connectivity index (χ3v) is 2.52. The van der Waals surface area contributed by atoms with E-state index in [0.29, 0.717) is 18.7 Å². The van der Waals surface area contributed by atoms with Gasteiger partial charge in [-0.05, 0) is 53.4 Å². The summed E-state index contributed by atoms with van der Waals surface area (Å²) in [4.78, 5) is 0. The van der Waals surface area contributed by atoms with Crippen LogP contribution in [0.15, 0.2) is 11.6 Å². The van der Waals surface area contributed by atoms with Gasteiger partial charge < -0.3 is 10.4 Å². The van der Waals surface area contributed by atoms with Crippen LogP contribution in [0.4, 0.5) is 0 Å². The molecule has 0 spiro atoms. The summed E-state index contributed by atoms with van der Waals surface area (Å²) < 4.78 is 0. The van der Waals surface area contributed by atoms with Crippen molar-refractivity contribution >= 4 is 0 Å². The fourth-order valence-electron chi connectivity index (χ4n) is 1.67. The largest absolute Gasteiger partial charge is 0.396 e. The van der Waals surface area contributed by atoms with Crippen LogP contribution in [0.3, 0.4) is 0 Å². The average Bonchev–Trinajstić information content (AvgIpc) is 2.14. The molecule has 0 saturated heterocycles. The lowest BCUT2D eigenvalue weighted by atomic mass is 10.1. The summed E-state index contributed by atoms with van der Waals surface area (Å²) in [5.74, 6) is 0. The van der Waals surface area contributed by atoms with E-state index in [4.69, 9.17) is 5.11 Å². The highest BCUT2D eigenvalue weighted by Crippen LogP contribution is 2.04. The Morgan fingerprint density at radius 2 is 1.80 bits per heavy atom. The Morgan fingerprint density at radius 1 is 1.20 bits per heavy atom. The van der Waals surface area contributed by atoms with Gasteiger partial charge in [-0.25, -0.2) is 0 Å². The molecule has 2 unspecified atom stereocenters. The Labute approximate surface area is 94.8 Å². The molecule has 2 N–H and O–H groups in total. The molecule has 0 heterocycles. The van der Waals surface area contributed by atoms with Crippen molar-refractivity contribution in [2.24, 2.45) is 0 Å². The molecule has 2 heteroatoms. The molecule has 90 valence electrons. The van der Waals surface area contributed by atoms with Gasteiger partial charge in [-0.2, -0.15) is 0 Å². The first kappa shape index (κ1) is 14.7. The summed E-state index contributed by atoms with van der Waals surface area (Å²) in [6.07, 6.45) is 6.59. The molecule has 0 fully saturated rings. The van der Waals surface area contributed by atoms with Gasteiger partial charge in [-0.3, -0.25) is 0 Å². The van der Waals surface area contributed by atoms with Crippen LogP contribution in [0.25, 0.3) is 0 Å². The number of allylic oxidation sites excluding steroid dienone is 2. The summed E-state index contributed by atoms with van der Waals surface area (Å²) in [7, 11) is 0. The fraction of sp³-hybridized carbons (Fsp3) is 0.846. The summed E-state index contributed by atoms with van der Waals surface area (Å²) >= 11 is 0. The van der Waals surface area contributed by atoms with Crippen molar-refractivity contribution in [1.29, 1.82) is 0 Å². The summed E-state index contributed by atoms with van der Waals surface area (Å²) in [5.41, 5.74) is 1.40. The molecule has 0 aliphatic carbocycles. The zero-order valence-electron chi connectivity index (χ0n) is 10.7. The van der Waals surface area contributed by atoms with Gasteiger partial charge in [0.15, 0.2) is 0 Å². The van der Waals surface area contributed by atoms with Gasteiger partial charge in [0.1, 0.15) is 0 Å². The molecule has 0 saturated carbocycles. The Morgan fingerprint density at radius 3 is 2.33 bits per heavy atom. The van der Waals surface area contributed by atoms with Crippen LogP contribution in [0.2, 0.25) is 0 Å². The molecular formula is C13H27NO. The van der Waals surface area contributed by atoms with Crippen molar-refractivity contribution in [3.8, 4) is 0 Å². The molecule has 0 rings (SSSR count). The lowest BCUT2D eigenvalue weighted by Gasteiger charge is -2.19. The topological polar surface area (TPSA) is 32.3 Å². The van der Waals surface area contributed by atoms with Crippen LogP contribution in [0, 0.1) is 0 Å². The standard InChI is InChI=1S/C13H27NO/c1-11(2)7-5-8-12(3)14-13(4)9-6-10-15/h7,12-15H,5-6,8-10H2,1-4H3. The third kappa shape index (κ3) is 9.95.